The third-order valence-electron chi connectivity index (χ3n) is 2.85. The van der Waals surface area contributed by atoms with Gasteiger partial charge in [-0.05, 0) is 35.7 Å². The minimum Gasteiger partial charge on any atom is -0.192 e. The lowest BCUT2D eigenvalue weighted by Crippen LogP contribution is -1.89. The lowest BCUT2D eigenvalue weighted by Gasteiger charge is -2.06. The van der Waals surface area contributed by atoms with Gasteiger partial charge in [-0.3, -0.25) is 0 Å². The maximum atomic E-state index is 8.90. The second-order valence-corrected chi connectivity index (χ2v) is 5.22. The number of hydrogen-bond donors (Lipinski definition) is 0. The summed E-state index contributed by atoms with van der Waals surface area (Å²) >= 11 is 1.88. The molecule has 0 saturated heterocycles. The second kappa shape index (κ2) is 6.28. The third kappa shape index (κ3) is 3.38. The minimum absolute atomic E-state index is 0.746. The molecule has 0 aromatic heterocycles. The molecule has 2 heteroatoms. The highest BCUT2D eigenvalue weighted by atomic mass is 32.2. The van der Waals surface area contributed by atoms with Gasteiger partial charge in [-0.25, -0.2) is 0 Å². The van der Waals surface area contributed by atoms with Crippen molar-refractivity contribution in [1.82, 2.24) is 0 Å². The van der Waals surface area contributed by atoms with E-state index in [-0.39, 0.29) is 0 Å². The summed E-state index contributed by atoms with van der Waals surface area (Å²) in [6.07, 6.45) is 0. The molecule has 0 aliphatic heterocycles. The molecule has 0 saturated carbocycles. The van der Waals surface area contributed by atoms with Gasteiger partial charge in [0.2, 0.25) is 0 Å². The first-order chi connectivity index (χ1) is 8.79. The largest absolute Gasteiger partial charge is 0.192 e. The molecule has 0 amide bonds. The summed E-state index contributed by atoms with van der Waals surface area (Å²) in [6, 6.07) is 18.5. The number of thioether (sulfide) groups is 1. The fraction of sp³-hybridized carbons (Fsp3) is 0.188. The predicted molar refractivity (Wildman–Crippen MR) is 77.3 cm³/mol. The highest BCUT2D eigenvalue weighted by molar-refractivity contribution is 7.97. The van der Waals surface area contributed by atoms with Crippen molar-refractivity contribution >= 4 is 11.8 Å². The molecule has 2 aromatic carbocycles. The van der Waals surface area contributed by atoms with Gasteiger partial charge >= 0.3 is 0 Å². The zero-order chi connectivity index (χ0) is 12.8. The van der Waals surface area contributed by atoms with E-state index in [0.29, 0.717) is 0 Å². The molecule has 18 heavy (non-hydrogen) atoms. The number of aryl methyl sites for hydroxylation is 1. The van der Waals surface area contributed by atoms with Crippen molar-refractivity contribution in [3.8, 4) is 6.07 Å². The summed E-state index contributed by atoms with van der Waals surface area (Å²) in [5.74, 6) is 1.97. The number of nitrogens with zero attached hydrogens (tertiary/aromatic N) is 1. The van der Waals surface area contributed by atoms with Gasteiger partial charge in [-0.2, -0.15) is 17.0 Å². The fourth-order valence-electron chi connectivity index (χ4n) is 1.75. The molecule has 0 heterocycles. The minimum atomic E-state index is 0.746. The molecule has 0 spiro atoms. The molecular weight excluding hydrogens is 238 g/mol. The Balaban J connectivity index is 1.96. The van der Waals surface area contributed by atoms with E-state index in [4.69, 9.17) is 5.26 Å². The highest BCUT2D eigenvalue weighted by Crippen LogP contribution is 2.21. The van der Waals surface area contributed by atoms with Crippen LogP contribution in [0.1, 0.15) is 22.3 Å². The van der Waals surface area contributed by atoms with Gasteiger partial charge in [0.1, 0.15) is 0 Å². The Bertz CT molecular complexity index is 555. The maximum Gasteiger partial charge on any atom is 0.0991 e. The van der Waals surface area contributed by atoms with E-state index in [1.807, 2.05) is 36.0 Å². The van der Waals surface area contributed by atoms with Crippen molar-refractivity contribution in [2.45, 2.75) is 18.4 Å². The van der Waals surface area contributed by atoms with Crippen LogP contribution in [0.15, 0.2) is 48.5 Å². The maximum absolute atomic E-state index is 8.90. The molecule has 0 bridgehead atoms. The summed E-state index contributed by atoms with van der Waals surface area (Å²) in [5.41, 5.74) is 4.61. The van der Waals surface area contributed by atoms with Crippen LogP contribution in [0.25, 0.3) is 0 Å². The zero-order valence-corrected chi connectivity index (χ0v) is 11.2. The molecule has 0 N–H and O–H groups in total. The molecule has 90 valence electrons. The molecule has 0 atom stereocenters. The lowest BCUT2D eigenvalue weighted by atomic mass is 10.1. The molecule has 1 nitrogen and oxygen atoms in total. The molecule has 0 aliphatic rings. The summed E-state index contributed by atoms with van der Waals surface area (Å²) in [7, 11) is 0. The van der Waals surface area contributed by atoms with Crippen molar-refractivity contribution < 1.29 is 0 Å². The summed E-state index contributed by atoms with van der Waals surface area (Å²) < 4.78 is 0. The van der Waals surface area contributed by atoms with Crippen molar-refractivity contribution in [2.24, 2.45) is 0 Å². The van der Waals surface area contributed by atoms with Gasteiger partial charge in [0, 0.05) is 11.5 Å². The van der Waals surface area contributed by atoms with E-state index < -0.39 is 0 Å². The van der Waals surface area contributed by atoms with Crippen LogP contribution >= 0.6 is 11.8 Å². The first-order valence-corrected chi connectivity index (χ1v) is 7.06. The van der Waals surface area contributed by atoms with Crippen LogP contribution in [0.5, 0.6) is 0 Å². The number of hydrogen-bond acceptors (Lipinski definition) is 2. The Hall–Kier alpha value is -1.72. The van der Waals surface area contributed by atoms with E-state index >= 15 is 0 Å². The van der Waals surface area contributed by atoms with Crippen LogP contribution in [0.2, 0.25) is 0 Å². The smallest absolute Gasteiger partial charge is 0.0991 e. The van der Waals surface area contributed by atoms with Gasteiger partial charge < -0.3 is 0 Å². The first kappa shape index (κ1) is 12.7. The molecule has 2 rings (SSSR count). The Kier molecular flexibility index (Phi) is 4.44. The van der Waals surface area contributed by atoms with Gasteiger partial charge in [-0.15, -0.1) is 0 Å². The Morgan fingerprint density at radius 3 is 2.56 bits per heavy atom. The highest BCUT2D eigenvalue weighted by Gasteiger charge is 2.01. The van der Waals surface area contributed by atoms with Crippen molar-refractivity contribution in [1.29, 1.82) is 5.26 Å². The number of rotatable bonds is 4. The van der Waals surface area contributed by atoms with Gasteiger partial charge in [-0.1, -0.05) is 36.4 Å². The Morgan fingerprint density at radius 1 is 1.06 bits per heavy atom. The van der Waals surface area contributed by atoms with Crippen molar-refractivity contribution in [3.05, 3.63) is 70.8 Å². The van der Waals surface area contributed by atoms with Crippen LogP contribution in [0, 0.1) is 18.3 Å². The number of nitriles is 1. The Morgan fingerprint density at radius 2 is 1.83 bits per heavy atom. The molecular formula is C16H15NS. The van der Waals surface area contributed by atoms with Crippen LogP contribution < -0.4 is 0 Å². The van der Waals surface area contributed by atoms with E-state index in [1.165, 1.54) is 16.7 Å². The van der Waals surface area contributed by atoms with Crippen LogP contribution in [0.4, 0.5) is 0 Å². The summed E-state index contributed by atoms with van der Waals surface area (Å²) in [5, 5.41) is 8.90. The quantitative estimate of drug-likeness (QED) is 0.811. The van der Waals surface area contributed by atoms with Crippen molar-refractivity contribution in [2.75, 3.05) is 0 Å². The standard InChI is InChI=1S/C16H15NS/c1-13-7-8-15(10-17)9-16(13)12-18-11-14-5-3-2-4-6-14/h2-9H,11-12H2,1H3. The molecule has 2 aromatic rings. The second-order valence-electron chi connectivity index (χ2n) is 4.23. The predicted octanol–water partition coefficient (Wildman–Crippen LogP) is 4.30. The summed E-state index contributed by atoms with van der Waals surface area (Å²) in [4.78, 5) is 0. The van der Waals surface area contributed by atoms with E-state index in [9.17, 15) is 0 Å². The topological polar surface area (TPSA) is 23.8 Å². The van der Waals surface area contributed by atoms with E-state index in [2.05, 4.69) is 37.3 Å². The zero-order valence-electron chi connectivity index (χ0n) is 10.4. The molecule has 0 fully saturated rings. The van der Waals surface area contributed by atoms with E-state index in [1.54, 1.807) is 0 Å². The third-order valence-corrected chi connectivity index (χ3v) is 3.90. The lowest BCUT2D eigenvalue weighted by molar-refractivity contribution is 1.28. The molecule has 0 aliphatic carbocycles. The fourth-order valence-corrected chi connectivity index (χ4v) is 2.81. The van der Waals surface area contributed by atoms with Gasteiger partial charge in [0.15, 0.2) is 0 Å². The normalized spacial score (nSPS) is 10.0. The SMILES string of the molecule is Cc1ccc(C#N)cc1CSCc1ccccc1. The Labute approximate surface area is 112 Å². The van der Waals surface area contributed by atoms with Crippen LogP contribution in [0.3, 0.4) is 0 Å². The monoisotopic (exact) mass is 253 g/mol. The molecule has 0 radical (unpaired) electrons. The van der Waals surface area contributed by atoms with Crippen LogP contribution in [-0.2, 0) is 11.5 Å². The summed E-state index contributed by atoms with van der Waals surface area (Å²) in [6.45, 7) is 2.10. The van der Waals surface area contributed by atoms with Gasteiger partial charge in [0.25, 0.3) is 0 Å². The first-order valence-electron chi connectivity index (χ1n) is 5.91. The number of benzene rings is 2. The van der Waals surface area contributed by atoms with Crippen molar-refractivity contribution in [3.63, 3.8) is 0 Å². The average molecular weight is 253 g/mol. The van der Waals surface area contributed by atoms with Crippen LogP contribution in [-0.4, -0.2) is 0 Å². The average Bonchev–Trinajstić information content (AvgIpc) is 2.42. The molecule has 0 unspecified atom stereocenters. The van der Waals surface area contributed by atoms with Gasteiger partial charge in [0.05, 0.1) is 11.6 Å². The van der Waals surface area contributed by atoms with E-state index in [0.717, 1.165) is 17.1 Å².